The summed E-state index contributed by atoms with van der Waals surface area (Å²) in [5.74, 6) is -0.773. The molecule has 0 bridgehead atoms. The number of carboxylic acid groups (broad SMARTS) is 1. The van der Waals surface area contributed by atoms with Crippen LogP contribution in [-0.4, -0.2) is 44.4 Å². The number of aromatic nitrogens is 4. The number of carbonyl (C=O) groups is 1. The fraction of sp³-hybridized carbons (Fsp3) is 0.385. The van der Waals surface area contributed by atoms with E-state index < -0.39 is 11.9 Å². The molecule has 1 N–H and O–H groups in total. The molecule has 0 amide bonds. The number of benzene rings is 1. The van der Waals surface area contributed by atoms with Crippen LogP contribution in [0, 0.1) is 5.92 Å². The molecule has 7 heteroatoms. The Morgan fingerprint density at radius 2 is 2.10 bits per heavy atom. The summed E-state index contributed by atoms with van der Waals surface area (Å²) in [6.07, 6.45) is 0. The van der Waals surface area contributed by atoms with Crippen molar-refractivity contribution in [2.45, 2.75) is 13.8 Å². The molecule has 0 saturated heterocycles. The SMILES string of the molecule is CCN(CC(C)C(=O)O)c1nnnn1-c1ccccc1. The van der Waals surface area contributed by atoms with Crippen molar-refractivity contribution in [2.24, 2.45) is 5.92 Å². The first kappa shape index (κ1) is 14.0. The van der Waals surface area contributed by atoms with E-state index in [-0.39, 0.29) is 0 Å². The third-order valence-electron chi connectivity index (χ3n) is 3.03. The summed E-state index contributed by atoms with van der Waals surface area (Å²) in [4.78, 5) is 12.8. The van der Waals surface area contributed by atoms with Crippen LogP contribution in [0.1, 0.15) is 13.8 Å². The monoisotopic (exact) mass is 275 g/mol. The lowest BCUT2D eigenvalue weighted by Crippen LogP contribution is -2.33. The van der Waals surface area contributed by atoms with Gasteiger partial charge in [-0.05, 0) is 29.5 Å². The van der Waals surface area contributed by atoms with Crippen LogP contribution in [0.4, 0.5) is 5.95 Å². The fourth-order valence-electron chi connectivity index (χ4n) is 1.88. The van der Waals surface area contributed by atoms with Gasteiger partial charge in [0.25, 0.3) is 0 Å². The maximum absolute atomic E-state index is 11.0. The highest BCUT2D eigenvalue weighted by Crippen LogP contribution is 2.16. The lowest BCUT2D eigenvalue weighted by molar-refractivity contribution is -0.140. The first-order valence-corrected chi connectivity index (χ1v) is 6.45. The molecule has 106 valence electrons. The molecule has 0 radical (unpaired) electrons. The van der Waals surface area contributed by atoms with Crippen LogP contribution < -0.4 is 4.90 Å². The highest BCUT2D eigenvalue weighted by atomic mass is 16.4. The van der Waals surface area contributed by atoms with Crippen molar-refractivity contribution in [3.05, 3.63) is 30.3 Å². The minimum atomic E-state index is -0.831. The van der Waals surface area contributed by atoms with Crippen molar-refractivity contribution in [3.63, 3.8) is 0 Å². The summed E-state index contributed by atoms with van der Waals surface area (Å²) >= 11 is 0. The van der Waals surface area contributed by atoms with E-state index in [0.717, 1.165) is 5.69 Å². The summed E-state index contributed by atoms with van der Waals surface area (Å²) in [5, 5.41) is 20.7. The zero-order chi connectivity index (χ0) is 14.5. The standard InChI is InChI=1S/C13H17N5O2/c1-3-17(9-10(2)12(19)20)13-14-15-16-18(13)11-7-5-4-6-8-11/h4-8,10H,3,9H2,1-2H3,(H,19,20). The van der Waals surface area contributed by atoms with Gasteiger partial charge in [0.2, 0.25) is 5.95 Å². The van der Waals surface area contributed by atoms with Crippen molar-refractivity contribution in [1.82, 2.24) is 20.2 Å². The molecule has 0 saturated carbocycles. The molecule has 7 nitrogen and oxygen atoms in total. The highest BCUT2D eigenvalue weighted by Gasteiger charge is 2.20. The Morgan fingerprint density at radius 3 is 2.70 bits per heavy atom. The van der Waals surface area contributed by atoms with Crippen LogP contribution in [0.2, 0.25) is 0 Å². The zero-order valence-corrected chi connectivity index (χ0v) is 11.5. The maximum atomic E-state index is 11.0. The smallest absolute Gasteiger partial charge is 0.308 e. The van der Waals surface area contributed by atoms with E-state index in [1.165, 1.54) is 0 Å². The molecule has 20 heavy (non-hydrogen) atoms. The number of hydrogen-bond acceptors (Lipinski definition) is 5. The van der Waals surface area contributed by atoms with Gasteiger partial charge >= 0.3 is 5.97 Å². The number of anilines is 1. The summed E-state index contributed by atoms with van der Waals surface area (Å²) in [5.41, 5.74) is 0.842. The van der Waals surface area contributed by atoms with Crippen LogP contribution in [0.25, 0.3) is 5.69 Å². The first-order valence-electron chi connectivity index (χ1n) is 6.45. The van der Waals surface area contributed by atoms with E-state index in [1.54, 1.807) is 11.6 Å². The largest absolute Gasteiger partial charge is 0.481 e. The lowest BCUT2D eigenvalue weighted by Gasteiger charge is -2.23. The van der Waals surface area contributed by atoms with Gasteiger partial charge in [0.15, 0.2) is 0 Å². The summed E-state index contributed by atoms with van der Waals surface area (Å²) in [6, 6.07) is 9.51. The Kier molecular flexibility index (Phi) is 4.29. The van der Waals surface area contributed by atoms with Gasteiger partial charge in [-0.25, -0.2) is 0 Å². The normalized spacial score (nSPS) is 12.1. The number of tetrazole rings is 1. The Labute approximate surface area is 116 Å². The van der Waals surface area contributed by atoms with Gasteiger partial charge in [-0.2, -0.15) is 4.68 Å². The maximum Gasteiger partial charge on any atom is 0.308 e. The third kappa shape index (κ3) is 2.93. The van der Waals surface area contributed by atoms with Gasteiger partial charge in [-0.3, -0.25) is 4.79 Å². The second kappa shape index (κ2) is 6.14. The number of carboxylic acids is 1. The average molecular weight is 275 g/mol. The van der Waals surface area contributed by atoms with Crippen molar-refractivity contribution >= 4 is 11.9 Å². The van der Waals surface area contributed by atoms with E-state index in [4.69, 9.17) is 5.11 Å². The molecule has 0 aliphatic rings. The van der Waals surface area contributed by atoms with Gasteiger partial charge in [0, 0.05) is 13.1 Å². The topological polar surface area (TPSA) is 84.1 Å². The summed E-state index contributed by atoms with van der Waals surface area (Å²) in [6.45, 7) is 4.60. The van der Waals surface area contributed by atoms with Crippen LogP contribution in [0.15, 0.2) is 30.3 Å². The van der Waals surface area contributed by atoms with Crippen molar-refractivity contribution in [3.8, 4) is 5.69 Å². The predicted octanol–water partition coefficient (Wildman–Crippen LogP) is 1.21. The third-order valence-corrected chi connectivity index (χ3v) is 3.03. The second-order valence-electron chi connectivity index (χ2n) is 4.50. The van der Waals surface area contributed by atoms with Crippen LogP contribution in [0.5, 0.6) is 0 Å². The van der Waals surface area contributed by atoms with Gasteiger partial charge in [0.05, 0.1) is 11.6 Å². The number of aliphatic carboxylic acids is 1. The Morgan fingerprint density at radius 1 is 1.40 bits per heavy atom. The van der Waals surface area contributed by atoms with E-state index in [0.29, 0.717) is 19.0 Å². The van der Waals surface area contributed by atoms with Gasteiger partial charge in [0.1, 0.15) is 0 Å². The lowest BCUT2D eigenvalue weighted by atomic mass is 10.2. The van der Waals surface area contributed by atoms with Crippen LogP contribution in [-0.2, 0) is 4.79 Å². The summed E-state index contributed by atoms with van der Waals surface area (Å²) < 4.78 is 1.61. The van der Waals surface area contributed by atoms with Crippen molar-refractivity contribution < 1.29 is 9.90 Å². The summed E-state index contributed by atoms with van der Waals surface area (Å²) in [7, 11) is 0. The Bertz CT molecular complexity index is 569. The Balaban J connectivity index is 2.28. The van der Waals surface area contributed by atoms with E-state index >= 15 is 0 Å². The average Bonchev–Trinajstić information content (AvgIpc) is 2.94. The van der Waals surface area contributed by atoms with Gasteiger partial charge in [-0.1, -0.05) is 30.2 Å². The zero-order valence-electron chi connectivity index (χ0n) is 11.5. The Hall–Kier alpha value is -2.44. The minimum absolute atomic E-state index is 0.360. The molecule has 1 heterocycles. The number of para-hydroxylation sites is 1. The molecular formula is C13H17N5O2. The van der Waals surface area contributed by atoms with Gasteiger partial charge < -0.3 is 10.0 Å². The molecule has 1 aromatic heterocycles. The predicted molar refractivity (Wildman–Crippen MR) is 73.8 cm³/mol. The number of rotatable bonds is 6. The van der Waals surface area contributed by atoms with Gasteiger partial charge in [-0.15, -0.1) is 0 Å². The van der Waals surface area contributed by atoms with Crippen molar-refractivity contribution in [2.75, 3.05) is 18.0 Å². The molecule has 0 fully saturated rings. The number of nitrogens with zero attached hydrogens (tertiary/aromatic N) is 5. The van der Waals surface area contributed by atoms with Crippen LogP contribution in [0.3, 0.4) is 0 Å². The quantitative estimate of drug-likeness (QED) is 0.853. The molecule has 0 aliphatic heterocycles. The molecule has 1 aromatic carbocycles. The highest BCUT2D eigenvalue weighted by molar-refractivity contribution is 5.70. The van der Waals surface area contributed by atoms with Crippen molar-refractivity contribution in [1.29, 1.82) is 0 Å². The van der Waals surface area contributed by atoms with E-state index in [1.807, 2.05) is 42.2 Å². The molecule has 0 spiro atoms. The van der Waals surface area contributed by atoms with E-state index in [2.05, 4.69) is 15.5 Å². The van der Waals surface area contributed by atoms with Crippen LogP contribution >= 0.6 is 0 Å². The molecular weight excluding hydrogens is 258 g/mol. The first-order chi connectivity index (χ1) is 9.63. The molecule has 2 aromatic rings. The fourth-order valence-corrected chi connectivity index (χ4v) is 1.88. The van der Waals surface area contributed by atoms with E-state index in [9.17, 15) is 4.79 Å². The minimum Gasteiger partial charge on any atom is -0.481 e. The molecule has 0 aliphatic carbocycles. The molecule has 2 rings (SSSR count). The molecule has 1 unspecified atom stereocenters. The molecule has 1 atom stereocenters. The second-order valence-corrected chi connectivity index (χ2v) is 4.50. The number of hydrogen-bond donors (Lipinski definition) is 1.